The highest BCUT2D eigenvalue weighted by Crippen LogP contribution is 2.33. The standard InChI is InChI=1S/C14H22N2O2/c1-3-18-13-9-12(10-15-11-13)14(17)5-4-7-16(2)8-6-14/h9-11,17H,3-8H2,1-2H3. The van der Waals surface area contributed by atoms with Crippen LogP contribution < -0.4 is 4.74 Å². The number of rotatable bonds is 3. The van der Waals surface area contributed by atoms with Crippen LogP contribution in [0.1, 0.15) is 31.7 Å². The number of aliphatic hydroxyl groups is 1. The molecule has 1 aromatic rings. The Hall–Kier alpha value is -1.13. The Kier molecular flexibility index (Phi) is 4.19. The molecule has 1 aliphatic heterocycles. The fourth-order valence-electron chi connectivity index (χ4n) is 2.46. The molecular formula is C14H22N2O2. The van der Waals surface area contributed by atoms with Gasteiger partial charge in [-0.25, -0.2) is 0 Å². The first-order valence-electron chi connectivity index (χ1n) is 6.63. The summed E-state index contributed by atoms with van der Waals surface area (Å²) in [6, 6.07) is 1.92. The molecule has 0 saturated carbocycles. The fraction of sp³-hybridized carbons (Fsp3) is 0.643. The molecule has 4 heteroatoms. The van der Waals surface area contributed by atoms with Gasteiger partial charge in [0.1, 0.15) is 5.75 Å². The lowest BCUT2D eigenvalue weighted by atomic mass is 9.88. The van der Waals surface area contributed by atoms with Crippen molar-refractivity contribution in [1.82, 2.24) is 9.88 Å². The van der Waals surface area contributed by atoms with Gasteiger partial charge in [-0.15, -0.1) is 0 Å². The zero-order valence-electron chi connectivity index (χ0n) is 11.2. The summed E-state index contributed by atoms with van der Waals surface area (Å²) >= 11 is 0. The zero-order valence-corrected chi connectivity index (χ0v) is 11.2. The summed E-state index contributed by atoms with van der Waals surface area (Å²) in [4.78, 5) is 6.44. The van der Waals surface area contributed by atoms with Gasteiger partial charge in [0.15, 0.2) is 0 Å². The van der Waals surface area contributed by atoms with E-state index in [9.17, 15) is 5.11 Å². The van der Waals surface area contributed by atoms with E-state index in [1.807, 2.05) is 13.0 Å². The first-order valence-corrected chi connectivity index (χ1v) is 6.63. The number of pyridine rings is 1. The quantitative estimate of drug-likeness (QED) is 0.888. The van der Waals surface area contributed by atoms with Crippen molar-refractivity contribution in [2.24, 2.45) is 0 Å². The van der Waals surface area contributed by atoms with Gasteiger partial charge in [0.05, 0.1) is 18.4 Å². The molecule has 1 atom stereocenters. The number of aromatic nitrogens is 1. The molecule has 100 valence electrons. The second-order valence-electron chi connectivity index (χ2n) is 5.03. The molecule has 0 radical (unpaired) electrons. The van der Waals surface area contributed by atoms with Gasteiger partial charge in [-0.3, -0.25) is 4.98 Å². The van der Waals surface area contributed by atoms with E-state index < -0.39 is 5.60 Å². The molecular weight excluding hydrogens is 228 g/mol. The number of likely N-dealkylation sites (tertiary alicyclic amines) is 1. The number of hydrogen-bond donors (Lipinski definition) is 1. The van der Waals surface area contributed by atoms with Crippen LogP contribution in [0.25, 0.3) is 0 Å². The maximum atomic E-state index is 10.8. The third-order valence-electron chi connectivity index (χ3n) is 3.60. The first kappa shape index (κ1) is 13.3. The third-order valence-corrected chi connectivity index (χ3v) is 3.60. The van der Waals surface area contributed by atoms with Crippen molar-refractivity contribution >= 4 is 0 Å². The lowest BCUT2D eigenvalue weighted by molar-refractivity contribution is 0.0212. The highest BCUT2D eigenvalue weighted by atomic mass is 16.5. The summed E-state index contributed by atoms with van der Waals surface area (Å²) in [5.41, 5.74) is 0.119. The van der Waals surface area contributed by atoms with Gasteiger partial charge >= 0.3 is 0 Å². The molecule has 1 unspecified atom stereocenters. The molecule has 18 heavy (non-hydrogen) atoms. The summed E-state index contributed by atoms with van der Waals surface area (Å²) in [7, 11) is 2.10. The minimum Gasteiger partial charge on any atom is -0.492 e. The SMILES string of the molecule is CCOc1cncc(C2(O)CCCN(C)CC2)c1. The van der Waals surface area contributed by atoms with Gasteiger partial charge in [0.2, 0.25) is 0 Å². The Morgan fingerprint density at radius 2 is 2.22 bits per heavy atom. The van der Waals surface area contributed by atoms with Crippen LogP contribution in [0.15, 0.2) is 18.5 Å². The van der Waals surface area contributed by atoms with Gasteiger partial charge in [-0.05, 0) is 45.8 Å². The molecule has 0 bridgehead atoms. The van der Waals surface area contributed by atoms with Gasteiger partial charge in [0.25, 0.3) is 0 Å². The van der Waals surface area contributed by atoms with Gasteiger partial charge in [-0.2, -0.15) is 0 Å². The highest BCUT2D eigenvalue weighted by molar-refractivity contribution is 5.28. The predicted molar refractivity (Wildman–Crippen MR) is 70.7 cm³/mol. The Labute approximate surface area is 109 Å². The second kappa shape index (κ2) is 5.67. The van der Waals surface area contributed by atoms with E-state index in [1.165, 1.54) is 0 Å². The largest absolute Gasteiger partial charge is 0.492 e. The van der Waals surface area contributed by atoms with E-state index in [0.29, 0.717) is 6.61 Å². The third kappa shape index (κ3) is 3.00. The van der Waals surface area contributed by atoms with Crippen LogP contribution >= 0.6 is 0 Å². The minimum atomic E-state index is -0.759. The Morgan fingerprint density at radius 1 is 1.39 bits per heavy atom. The molecule has 2 rings (SSSR count). The van der Waals surface area contributed by atoms with E-state index in [2.05, 4.69) is 16.9 Å². The van der Waals surface area contributed by atoms with Crippen LogP contribution in [0.4, 0.5) is 0 Å². The number of nitrogens with zero attached hydrogens (tertiary/aromatic N) is 2. The fourth-order valence-corrected chi connectivity index (χ4v) is 2.46. The van der Waals surface area contributed by atoms with Crippen molar-refractivity contribution in [2.75, 3.05) is 26.7 Å². The maximum Gasteiger partial charge on any atom is 0.137 e. The maximum absolute atomic E-state index is 10.8. The van der Waals surface area contributed by atoms with Gasteiger partial charge in [0, 0.05) is 18.3 Å². The topological polar surface area (TPSA) is 45.6 Å². The summed E-state index contributed by atoms with van der Waals surface area (Å²) in [6.07, 6.45) is 5.99. The molecule has 0 aliphatic carbocycles. The highest BCUT2D eigenvalue weighted by Gasteiger charge is 2.31. The van der Waals surface area contributed by atoms with Crippen LogP contribution in [0, 0.1) is 0 Å². The van der Waals surface area contributed by atoms with Crippen LogP contribution in [0.3, 0.4) is 0 Å². The molecule has 1 fully saturated rings. The van der Waals surface area contributed by atoms with Crippen molar-refractivity contribution in [2.45, 2.75) is 31.8 Å². The molecule has 0 aromatic carbocycles. The predicted octanol–water partition coefficient (Wildman–Crippen LogP) is 1.78. The van der Waals surface area contributed by atoms with Gasteiger partial charge in [-0.1, -0.05) is 0 Å². The summed E-state index contributed by atoms with van der Waals surface area (Å²) < 4.78 is 5.45. The molecule has 0 spiro atoms. The second-order valence-corrected chi connectivity index (χ2v) is 5.03. The van der Waals surface area contributed by atoms with Crippen LogP contribution in [0.5, 0.6) is 5.75 Å². The minimum absolute atomic E-state index is 0.617. The van der Waals surface area contributed by atoms with Gasteiger partial charge < -0.3 is 14.7 Å². The van der Waals surface area contributed by atoms with Crippen molar-refractivity contribution < 1.29 is 9.84 Å². The molecule has 2 heterocycles. The average molecular weight is 250 g/mol. The Balaban J connectivity index is 2.20. The van der Waals surface area contributed by atoms with Crippen molar-refractivity contribution in [3.05, 3.63) is 24.0 Å². The Bertz CT molecular complexity index is 397. The van der Waals surface area contributed by atoms with Crippen molar-refractivity contribution in [1.29, 1.82) is 0 Å². The van der Waals surface area contributed by atoms with E-state index in [0.717, 1.165) is 43.7 Å². The normalized spacial score (nSPS) is 25.7. The van der Waals surface area contributed by atoms with E-state index in [4.69, 9.17) is 4.74 Å². The lowest BCUT2D eigenvalue weighted by Gasteiger charge is -2.27. The van der Waals surface area contributed by atoms with Crippen LogP contribution in [0.2, 0.25) is 0 Å². The first-order chi connectivity index (χ1) is 8.64. The van der Waals surface area contributed by atoms with E-state index in [1.54, 1.807) is 12.4 Å². The Morgan fingerprint density at radius 3 is 3.00 bits per heavy atom. The zero-order chi connectivity index (χ0) is 13.0. The molecule has 4 nitrogen and oxygen atoms in total. The number of ether oxygens (including phenoxy) is 1. The van der Waals surface area contributed by atoms with Crippen LogP contribution in [-0.4, -0.2) is 41.7 Å². The van der Waals surface area contributed by atoms with Crippen molar-refractivity contribution in [3.63, 3.8) is 0 Å². The molecule has 1 aromatic heterocycles. The van der Waals surface area contributed by atoms with Crippen LogP contribution in [-0.2, 0) is 5.60 Å². The van der Waals surface area contributed by atoms with E-state index in [-0.39, 0.29) is 0 Å². The smallest absolute Gasteiger partial charge is 0.137 e. The number of hydrogen-bond acceptors (Lipinski definition) is 4. The monoisotopic (exact) mass is 250 g/mol. The summed E-state index contributed by atoms with van der Waals surface area (Å²) in [6.45, 7) is 4.52. The summed E-state index contributed by atoms with van der Waals surface area (Å²) in [5, 5.41) is 10.8. The lowest BCUT2D eigenvalue weighted by Crippen LogP contribution is -2.27. The van der Waals surface area contributed by atoms with E-state index >= 15 is 0 Å². The summed E-state index contributed by atoms with van der Waals surface area (Å²) in [5.74, 6) is 0.737. The van der Waals surface area contributed by atoms with Crippen molar-refractivity contribution in [3.8, 4) is 5.75 Å². The molecule has 1 aliphatic rings. The average Bonchev–Trinajstić information content (AvgIpc) is 2.54. The molecule has 1 saturated heterocycles. The molecule has 0 amide bonds. The molecule has 1 N–H and O–H groups in total.